The molecular formula is C63H44N6. The van der Waals surface area contributed by atoms with E-state index in [2.05, 4.69) is 164 Å². The molecule has 6 heteroatoms. The number of aromatic nitrogens is 6. The highest BCUT2D eigenvalue weighted by molar-refractivity contribution is 6.11. The Morgan fingerprint density at radius 3 is 1.14 bits per heavy atom. The summed E-state index contributed by atoms with van der Waals surface area (Å²) in [6.07, 6.45) is 0. The van der Waals surface area contributed by atoms with Crippen molar-refractivity contribution in [3.05, 3.63) is 242 Å². The maximum Gasteiger partial charge on any atom is 0.164 e. The quantitative estimate of drug-likeness (QED) is 0.144. The highest BCUT2D eigenvalue weighted by Crippen LogP contribution is 2.42. The van der Waals surface area contributed by atoms with Crippen molar-refractivity contribution in [3.8, 4) is 96.0 Å². The molecule has 0 aliphatic carbocycles. The Hall–Kier alpha value is -9.13. The summed E-state index contributed by atoms with van der Waals surface area (Å²) >= 11 is 0. The lowest BCUT2D eigenvalue weighted by atomic mass is 10.0. The van der Waals surface area contributed by atoms with E-state index in [1.54, 1.807) is 0 Å². The second-order valence-corrected chi connectivity index (χ2v) is 17.5. The summed E-state index contributed by atoms with van der Waals surface area (Å²) in [6, 6.07) is 80.6. The first-order valence-electron chi connectivity index (χ1n) is 23.2. The molecule has 0 saturated heterocycles. The molecule has 6 nitrogen and oxygen atoms in total. The van der Waals surface area contributed by atoms with Crippen molar-refractivity contribution < 1.29 is 0 Å². The van der Waals surface area contributed by atoms with E-state index in [0.717, 1.165) is 83.4 Å². The lowest BCUT2D eigenvalue weighted by Crippen LogP contribution is -2.03. The van der Waals surface area contributed by atoms with Gasteiger partial charge >= 0.3 is 0 Å². The van der Waals surface area contributed by atoms with Gasteiger partial charge in [0.05, 0.1) is 28.1 Å². The van der Waals surface area contributed by atoms with Gasteiger partial charge in [0, 0.05) is 44.2 Å². The van der Waals surface area contributed by atoms with E-state index >= 15 is 0 Å². The van der Waals surface area contributed by atoms with Crippen molar-refractivity contribution in [2.45, 2.75) is 13.8 Å². The fraction of sp³-hybridized carbons (Fsp3) is 0.0317. The van der Waals surface area contributed by atoms with Crippen LogP contribution >= 0.6 is 0 Å². The molecule has 9 aromatic carbocycles. The zero-order valence-electron chi connectivity index (χ0n) is 38.1. The Morgan fingerprint density at radius 2 is 0.667 bits per heavy atom. The molecule has 69 heavy (non-hydrogen) atoms. The highest BCUT2D eigenvalue weighted by atomic mass is 15.0. The number of nitrogens with zero attached hydrogens (tertiary/aromatic N) is 6. The van der Waals surface area contributed by atoms with Crippen LogP contribution in [0.3, 0.4) is 0 Å². The maximum atomic E-state index is 5.47. The second kappa shape index (κ2) is 17.6. The van der Waals surface area contributed by atoms with Crippen LogP contribution in [0, 0.1) is 13.8 Å². The molecule has 0 radical (unpaired) electrons. The molecule has 0 spiro atoms. The molecule has 12 rings (SSSR count). The molecule has 0 unspecified atom stereocenters. The molecule has 326 valence electrons. The average molecular weight is 885 g/mol. The van der Waals surface area contributed by atoms with Gasteiger partial charge in [0.2, 0.25) is 0 Å². The minimum atomic E-state index is 0.557. The van der Waals surface area contributed by atoms with Crippen molar-refractivity contribution in [2.24, 2.45) is 0 Å². The van der Waals surface area contributed by atoms with Gasteiger partial charge in [0.15, 0.2) is 23.3 Å². The van der Waals surface area contributed by atoms with Gasteiger partial charge in [-0.3, -0.25) is 0 Å². The average Bonchev–Trinajstić information content (AvgIpc) is 3.74. The van der Waals surface area contributed by atoms with Gasteiger partial charge in [-0.1, -0.05) is 205 Å². The molecule has 0 bridgehead atoms. The van der Waals surface area contributed by atoms with Crippen molar-refractivity contribution in [2.75, 3.05) is 0 Å². The number of hydrogen-bond donors (Lipinski definition) is 0. The van der Waals surface area contributed by atoms with Crippen LogP contribution < -0.4 is 0 Å². The molecule has 0 N–H and O–H groups in total. The lowest BCUT2D eigenvalue weighted by Gasteiger charge is -2.17. The molecule has 0 aliphatic rings. The normalized spacial score (nSPS) is 11.3. The van der Waals surface area contributed by atoms with Gasteiger partial charge in [-0.15, -0.1) is 0 Å². The first-order chi connectivity index (χ1) is 34.0. The molecule has 3 heterocycles. The number of benzene rings is 9. The van der Waals surface area contributed by atoms with Crippen LogP contribution in [0.25, 0.3) is 118 Å². The molecule has 12 aromatic rings. The molecule has 0 aliphatic heterocycles. The minimum Gasteiger partial charge on any atom is -0.309 e. The van der Waals surface area contributed by atoms with E-state index in [0.29, 0.717) is 23.3 Å². The van der Waals surface area contributed by atoms with Crippen LogP contribution in [0.2, 0.25) is 0 Å². The van der Waals surface area contributed by atoms with Crippen LogP contribution in [-0.4, -0.2) is 29.5 Å². The third-order valence-corrected chi connectivity index (χ3v) is 12.8. The van der Waals surface area contributed by atoms with Crippen molar-refractivity contribution in [1.29, 1.82) is 0 Å². The predicted octanol–water partition coefficient (Wildman–Crippen LogP) is 15.7. The molecule has 0 saturated carbocycles. The standard InChI is InChI=1S/C63H44N6/c1-41-17-15-27-47(35-41)49-29-32-52-53-33-30-50(48-28-16-18-42(2)36-48)39-59(53)69(58(52)38-49)57-34-31-51(63-67-61(45-23-11-5-12-24-45)66-62(68-63)46-25-13-6-14-26-46)37-54(57)56-40-55(43-19-7-3-8-20-43)64-60(65-56)44-21-9-4-10-22-44/h3-40H,1-2H3. The van der Waals surface area contributed by atoms with Gasteiger partial charge in [0.1, 0.15) is 0 Å². The number of fused-ring (bicyclic) bond motifs is 3. The fourth-order valence-electron chi connectivity index (χ4n) is 9.36. The summed E-state index contributed by atoms with van der Waals surface area (Å²) in [4.78, 5) is 26.1. The first kappa shape index (κ1) is 41.3. The Labute approximate surface area is 401 Å². The van der Waals surface area contributed by atoms with Crippen LogP contribution in [0.4, 0.5) is 0 Å². The van der Waals surface area contributed by atoms with Crippen molar-refractivity contribution >= 4 is 21.8 Å². The molecule has 0 fully saturated rings. The SMILES string of the molecule is Cc1cccc(-c2ccc3c4ccc(-c5cccc(C)c5)cc4n(-c4ccc(-c5nc(-c6ccccc6)nc(-c6ccccc6)n5)cc4-c4cc(-c5ccccc5)nc(-c5ccccc5)n4)c3c2)c1. The second-order valence-electron chi connectivity index (χ2n) is 17.5. The fourth-order valence-corrected chi connectivity index (χ4v) is 9.36. The van der Waals surface area contributed by atoms with Crippen LogP contribution in [-0.2, 0) is 0 Å². The highest BCUT2D eigenvalue weighted by Gasteiger charge is 2.22. The Kier molecular flexibility index (Phi) is 10.5. The van der Waals surface area contributed by atoms with Gasteiger partial charge in [0.25, 0.3) is 0 Å². The summed E-state index contributed by atoms with van der Waals surface area (Å²) in [6.45, 7) is 4.29. The number of aryl methyl sites for hydroxylation is 2. The summed E-state index contributed by atoms with van der Waals surface area (Å²) in [7, 11) is 0. The third-order valence-electron chi connectivity index (χ3n) is 12.8. The first-order valence-corrected chi connectivity index (χ1v) is 23.2. The van der Waals surface area contributed by atoms with Crippen molar-refractivity contribution in [1.82, 2.24) is 29.5 Å². The van der Waals surface area contributed by atoms with E-state index in [1.165, 1.54) is 22.3 Å². The van der Waals surface area contributed by atoms with Crippen molar-refractivity contribution in [3.63, 3.8) is 0 Å². The Bertz CT molecular complexity index is 3630. The minimum absolute atomic E-state index is 0.557. The van der Waals surface area contributed by atoms with Crippen LogP contribution in [0.15, 0.2) is 231 Å². The van der Waals surface area contributed by atoms with E-state index in [-0.39, 0.29) is 0 Å². The van der Waals surface area contributed by atoms with Gasteiger partial charge in [-0.2, -0.15) is 0 Å². The summed E-state index contributed by atoms with van der Waals surface area (Å²) < 4.78 is 2.42. The largest absolute Gasteiger partial charge is 0.309 e. The van der Waals surface area contributed by atoms with Gasteiger partial charge in [-0.05, 0) is 72.5 Å². The molecule has 0 amide bonds. The zero-order chi connectivity index (χ0) is 46.3. The summed E-state index contributed by atoms with van der Waals surface area (Å²) in [5.74, 6) is 2.38. The lowest BCUT2D eigenvalue weighted by molar-refractivity contribution is 1.07. The Balaban J connectivity index is 1.18. The van der Waals surface area contributed by atoms with Crippen LogP contribution in [0.5, 0.6) is 0 Å². The number of hydrogen-bond acceptors (Lipinski definition) is 5. The molecule has 3 aromatic heterocycles. The van der Waals surface area contributed by atoms with Gasteiger partial charge in [-0.25, -0.2) is 24.9 Å². The summed E-state index contributed by atoms with van der Waals surface area (Å²) in [5, 5.41) is 2.31. The van der Waals surface area contributed by atoms with E-state index < -0.39 is 0 Å². The molecule has 0 atom stereocenters. The monoisotopic (exact) mass is 884 g/mol. The topological polar surface area (TPSA) is 69.4 Å². The number of rotatable bonds is 9. The smallest absolute Gasteiger partial charge is 0.164 e. The zero-order valence-corrected chi connectivity index (χ0v) is 38.1. The van der Waals surface area contributed by atoms with Gasteiger partial charge < -0.3 is 4.57 Å². The summed E-state index contributed by atoms with van der Waals surface area (Å²) in [5.41, 5.74) is 17.2. The Morgan fingerprint density at radius 1 is 0.275 bits per heavy atom. The van der Waals surface area contributed by atoms with E-state index in [4.69, 9.17) is 24.9 Å². The molecular weight excluding hydrogens is 841 g/mol. The predicted molar refractivity (Wildman–Crippen MR) is 283 cm³/mol. The maximum absolute atomic E-state index is 5.47. The van der Waals surface area contributed by atoms with E-state index in [1.807, 2.05) is 84.9 Å². The van der Waals surface area contributed by atoms with E-state index in [9.17, 15) is 0 Å². The van der Waals surface area contributed by atoms with Crippen LogP contribution in [0.1, 0.15) is 11.1 Å². The third kappa shape index (κ3) is 8.04.